The van der Waals surface area contributed by atoms with Crippen molar-refractivity contribution in [2.75, 3.05) is 0 Å². The zero-order valence-corrected chi connectivity index (χ0v) is 5.88. The number of hydrogen-bond acceptors (Lipinski definition) is 2. The standard InChI is InChI=1S/C7H8NO2/c1-5-3-6(2)8(10)7(9)4-5/h3,10H,1-2H3. The van der Waals surface area contributed by atoms with E-state index in [4.69, 9.17) is 5.21 Å². The van der Waals surface area contributed by atoms with Crippen molar-refractivity contribution in [1.82, 2.24) is 4.73 Å². The molecule has 3 heteroatoms. The first-order valence-electron chi connectivity index (χ1n) is 2.93. The van der Waals surface area contributed by atoms with Gasteiger partial charge in [-0.1, -0.05) is 0 Å². The zero-order valence-electron chi connectivity index (χ0n) is 5.88. The number of nitrogens with zero attached hydrogens (tertiary/aromatic N) is 1. The summed E-state index contributed by atoms with van der Waals surface area (Å²) in [7, 11) is 0. The Labute approximate surface area is 58.5 Å². The number of aryl methyl sites for hydroxylation is 2. The van der Waals surface area contributed by atoms with Crippen LogP contribution in [-0.2, 0) is 0 Å². The molecule has 1 radical (unpaired) electrons. The fourth-order valence-corrected chi connectivity index (χ4v) is 0.792. The van der Waals surface area contributed by atoms with Crippen molar-refractivity contribution in [2.45, 2.75) is 13.8 Å². The van der Waals surface area contributed by atoms with E-state index >= 15 is 0 Å². The summed E-state index contributed by atoms with van der Waals surface area (Å²) < 4.78 is 0.576. The largest absolute Gasteiger partial charge is 0.425 e. The van der Waals surface area contributed by atoms with Crippen molar-refractivity contribution >= 4 is 0 Å². The highest BCUT2D eigenvalue weighted by atomic mass is 16.5. The summed E-state index contributed by atoms with van der Waals surface area (Å²) in [5, 5.41) is 8.90. The SMILES string of the molecule is Cc1[c]c(=O)n(O)c(C)c1. The predicted octanol–water partition coefficient (Wildman–Crippen LogP) is 0.503. The van der Waals surface area contributed by atoms with Crippen molar-refractivity contribution in [3.05, 3.63) is 33.7 Å². The van der Waals surface area contributed by atoms with Crippen LogP contribution in [0.25, 0.3) is 0 Å². The van der Waals surface area contributed by atoms with Gasteiger partial charge in [0, 0.05) is 0 Å². The second kappa shape index (κ2) is 2.17. The minimum absolute atomic E-state index is 0.502. The lowest BCUT2D eigenvalue weighted by Crippen LogP contribution is -2.19. The molecule has 0 amide bonds. The average Bonchev–Trinajstić information content (AvgIpc) is 1.82. The van der Waals surface area contributed by atoms with Crippen LogP contribution in [0, 0.1) is 19.9 Å². The molecule has 0 fully saturated rings. The van der Waals surface area contributed by atoms with Crippen LogP contribution in [0.2, 0.25) is 0 Å². The van der Waals surface area contributed by atoms with Crippen molar-refractivity contribution in [3.8, 4) is 0 Å². The van der Waals surface area contributed by atoms with E-state index in [1.54, 1.807) is 19.9 Å². The molecule has 1 N–H and O–H groups in total. The molecule has 1 heterocycles. The van der Waals surface area contributed by atoms with Gasteiger partial charge in [0.05, 0.1) is 11.8 Å². The third-order valence-corrected chi connectivity index (χ3v) is 1.26. The van der Waals surface area contributed by atoms with Gasteiger partial charge in [0.1, 0.15) is 0 Å². The molecule has 0 aromatic carbocycles. The molecule has 0 aliphatic heterocycles. The predicted molar refractivity (Wildman–Crippen MR) is 36.2 cm³/mol. The molecule has 0 aliphatic carbocycles. The highest BCUT2D eigenvalue weighted by Crippen LogP contribution is 1.94. The molecule has 3 nitrogen and oxygen atoms in total. The van der Waals surface area contributed by atoms with Crippen LogP contribution >= 0.6 is 0 Å². The average molecular weight is 138 g/mol. The number of rotatable bonds is 0. The zero-order chi connectivity index (χ0) is 7.72. The maximum Gasteiger partial charge on any atom is 0.291 e. The molecule has 0 aliphatic rings. The van der Waals surface area contributed by atoms with E-state index in [1.807, 2.05) is 0 Å². The molecule has 1 aromatic heterocycles. The third-order valence-electron chi connectivity index (χ3n) is 1.26. The van der Waals surface area contributed by atoms with E-state index in [0.717, 1.165) is 5.56 Å². The van der Waals surface area contributed by atoms with E-state index in [9.17, 15) is 4.79 Å². The minimum Gasteiger partial charge on any atom is -0.425 e. The van der Waals surface area contributed by atoms with Gasteiger partial charge in [0.25, 0.3) is 5.56 Å². The van der Waals surface area contributed by atoms with Gasteiger partial charge in [-0.2, -0.15) is 4.73 Å². The van der Waals surface area contributed by atoms with Gasteiger partial charge >= 0.3 is 0 Å². The van der Waals surface area contributed by atoms with E-state index in [1.165, 1.54) is 0 Å². The smallest absolute Gasteiger partial charge is 0.291 e. The summed E-state index contributed by atoms with van der Waals surface area (Å²) in [5.74, 6) is 0. The van der Waals surface area contributed by atoms with Gasteiger partial charge in [-0.05, 0) is 25.5 Å². The first-order valence-corrected chi connectivity index (χ1v) is 2.93. The lowest BCUT2D eigenvalue weighted by Gasteiger charge is -1.99. The quantitative estimate of drug-likeness (QED) is 0.530. The van der Waals surface area contributed by atoms with Gasteiger partial charge in [0.15, 0.2) is 0 Å². The first kappa shape index (κ1) is 6.86. The number of hydrogen-bond donors (Lipinski definition) is 1. The fraction of sp³-hybridized carbons (Fsp3) is 0.286. The van der Waals surface area contributed by atoms with Gasteiger partial charge < -0.3 is 5.21 Å². The molecule has 1 rings (SSSR count). The van der Waals surface area contributed by atoms with Crippen molar-refractivity contribution < 1.29 is 5.21 Å². The van der Waals surface area contributed by atoms with E-state index in [-0.39, 0.29) is 0 Å². The van der Waals surface area contributed by atoms with Gasteiger partial charge in [-0.3, -0.25) is 4.79 Å². The topological polar surface area (TPSA) is 42.2 Å². The Balaban J connectivity index is 3.46. The second-order valence-electron chi connectivity index (χ2n) is 2.21. The Morgan fingerprint density at radius 2 is 2.20 bits per heavy atom. The van der Waals surface area contributed by atoms with Gasteiger partial charge in [0.2, 0.25) is 0 Å². The highest BCUT2D eigenvalue weighted by Gasteiger charge is 1.97. The Morgan fingerprint density at radius 3 is 2.70 bits per heavy atom. The maximum absolute atomic E-state index is 10.7. The molecular weight excluding hydrogens is 130 g/mol. The molecule has 0 atom stereocenters. The highest BCUT2D eigenvalue weighted by molar-refractivity contribution is 5.12. The minimum atomic E-state index is -0.502. The summed E-state index contributed by atoms with van der Waals surface area (Å²) in [6.45, 7) is 3.41. The van der Waals surface area contributed by atoms with E-state index in [2.05, 4.69) is 6.07 Å². The maximum atomic E-state index is 10.7. The molecular formula is C7H8NO2. The van der Waals surface area contributed by atoms with Crippen LogP contribution in [0.4, 0.5) is 0 Å². The Hall–Kier alpha value is -1.25. The Morgan fingerprint density at radius 1 is 1.60 bits per heavy atom. The van der Waals surface area contributed by atoms with Gasteiger partial charge in [-0.15, -0.1) is 0 Å². The second-order valence-corrected chi connectivity index (χ2v) is 2.21. The first-order chi connectivity index (χ1) is 4.61. The summed E-state index contributed by atoms with van der Waals surface area (Å²) in [6.07, 6.45) is 0. The van der Waals surface area contributed by atoms with Crippen LogP contribution in [0.3, 0.4) is 0 Å². The van der Waals surface area contributed by atoms with Crippen molar-refractivity contribution in [1.29, 1.82) is 0 Å². The van der Waals surface area contributed by atoms with E-state index in [0.29, 0.717) is 10.4 Å². The molecule has 53 valence electrons. The van der Waals surface area contributed by atoms with Crippen LogP contribution in [0.5, 0.6) is 0 Å². The van der Waals surface area contributed by atoms with Crippen LogP contribution < -0.4 is 5.56 Å². The lowest BCUT2D eigenvalue weighted by molar-refractivity contribution is 0.167. The van der Waals surface area contributed by atoms with Crippen LogP contribution in [0.1, 0.15) is 11.3 Å². The van der Waals surface area contributed by atoms with E-state index < -0.39 is 5.56 Å². The Kier molecular flexibility index (Phi) is 1.49. The van der Waals surface area contributed by atoms with Crippen molar-refractivity contribution in [3.63, 3.8) is 0 Å². The number of pyridine rings is 1. The molecule has 0 saturated heterocycles. The molecule has 1 aromatic rings. The summed E-state index contributed by atoms with van der Waals surface area (Å²) in [5.41, 5.74) is 0.770. The lowest BCUT2D eigenvalue weighted by atomic mass is 10.2. The number of aromatic nitrogens is 1. The van der Waals surface area contributed by atoms with Gasteiger partial charge in [-0.25, -0.2) is 0 Å². The summed E-state index contributed by atoms with van der Waals surface area (Å²) in [6, 6.07) is 4.12. The molecule has 10 heavy (non-hydrogen) atoms. The molecule has 0 saturated carbocycles. The monoisotopic (exact) mass is 138 g/mol. The van der Waals surface area contributed by atoms with Crippen LogP contribution in [-0.4, -0.2) is 9.94 Å². The molecule has 0 bridgehead atoms. The molecule has 0 spiro atoms. The van der Waals surface area contributed by atoms with Crippen molar-refractivity contribution in [2.24, 2.45) is 0 Å². The fourth-order valence-electron chi connectivity index (χ4n) is 0.792. The third kappa shape index (κ3) is 1.03. The molecule has 0 unspecified atom stereocenters. The van der Waals surface area contributed by atoms with Crippen LogP contribution in [0.15, 0.2) is 10.9 Å². The normalized spacial score (nSPS) is 9.80. The summed E-state index contributed by atoms with van der Waals surface area (Å²) >= 11 is 0. The summed E-state index contributed by atoms with van der Waals surface area (Å²) in [4.78, 5) is 10.7. The Bertz CT molecular complexity index is 301.